The number of ether oxygens (including phenoxy) is 2. The summed E-state index contributed by atoms with van der Waals surface area (Å²) in [6.45, 7) is 2.08. The Bertz CT molecular complexity index is 860. The molecule has 0 aliphatic rings. The number of methoxy groups -OCH3 is 1. The Morgan fingerprint density at radius 1 is 1.36 bits per heavy atom. The van der Waals surface area contributed by atoms with Crippen molar-refractivity contribution >= 4 is 34.3 Å². The Balaban J connectivity index is 2.33. The van der Waals surface area contributed by atoms with E-state index in [1.807, 2.05) is 24.5 Å². The summed E-state index contributed by atoms with van der Waals surface area (Å²) in [6, 6.07) is 5.64. The number of benzene rings is 1. The first-order valence-electron chi connectivity index (χ1n) is 6.76. The average molecular weight is 317 g/mol. The quantitative estimate of drug-likeness (QED) is 0.419. The molecule has 3 aromatic rings. The third kappa shape index (κ3) is 2.27. The molecule has 0 atom stereocenters. The average Bonchev–Trinajstić information content (AvgIpc) is 2.99. The van der Waals surface area contributed by atoms with Gasteiger partial charge in [0.2, 0.25) is 0 Å². The Morgan fingerprint density at radius 2 is 2.18 bits per heavy atom. The lowest BCUT2D eigenvalue weighted by molar-refractivity contribution is 0.0520. The number of esters is 1. The predicted molar refractivity (Wildman–Crippen MR) is 84.8 cm³/mol. The van der Waals surface area contributed by atoms with E-state index in [4.69, 9.17) is 9.47 Å². The maximum Gasteiger partial charge on any atom is 0.358 e. The van der Waals surface area contributed by atoms with Crippen LogP contribution in [0.1, 0.15) is 17.4 Å². The van der Waals surface area contributed by atoms with Crippen LogP contribution >= 0.6 is 11.8 Å². The second-order valence-electron chi connectivity index (χ2n) is 4.50. The van der Waals surface area contributed by atoms with Crippen LogP contribution < -0.4 is 4.74 Å². The molecule has 0 spiro atoms. The number of nitrogens with zero attached hydrogens (tertiary/aromatic N) is 3. The van der Waals surface area contributed by atoms with Gasteiger partial charge < -0.3 is 9.47 Å². The van der Waals surface area contributed by atoms with Crippen molar-refractivity contribution < 1.29 is 14.3 Å². The fourth-order valence-electron chi connectivity index (χ4n) is 2.30. The highest BCUT2D eigenvalue weighted by Crippen LogP contribution is 2.29. The van der Waals surface area contributed by atoms with Crippen molar-refractivity contribution in [3.05, 3.63) is 30.1 Å². The fraction of sp³-hybridized carbons (Fsp3) is 0.267. The third-order valence-electron chi connectivity index (χ3n) is 3.25. The summed E-state index contributed by atoms with van der Waals surface area (Å²) in [6.07, 6.45) is 3.58. The number of carbonyl (C=O) groups is 1. The standard InChI is InChI=1S/C15H15N3O3S/c1-4-21-14(19)10-8-18-13(16-10)9-6-5-7-11(20-2)12(9)17-15(18)22-3/h5-8H,4H2,1-3H3. The number of imidazole rings is 1. The Kier molecular flexibility index (Phi) is 3.89. The van der Waals surface area contributed by atoms with E-state index in [9.17, 15) is 4.79 Å². The molecule has 0 saturated heterocycles. The lowest BCUT2D eigenvalue weighted by Crippen LogP contribution is -2.04. The monoisotopic (exact) mass is 317 g/mol. The Hall–Kier alpha value is -2.28. The van der Waals surface area contributed by atoms with Gasteiger partial charge in [-0.15, -0.1) is 0 Å². The van der Waals surface area contributed by atoms with Gasteiger partial charge in [0.25, 0.3) is 0 Å². The lowest BCUT2D eigenvalue weighted by Gasteiger charge is -2.08. The molecule has 0 unspecified atom stereocenters. The summed E-state index contributed by atoms with van der Waals surface area (Å²) >= 11 is 1.47. The third-order valence-corrected chi connectivity index (χ3v) is 3.90. The summed E-state index contributed by atoms with van der Waals surface area (Å²) < 4.78 is 12.2. The van der Waals surface area contributed by atoms with Crippen LogP contribution in [0.15, 0.2) is 29.6 Å². The van der Waals surface area contributed by atoms with Crippen molar-refractivity contribution in [1.82, 2.24) is 14.4 Å². The van der Waals surface area contributed by atoms with Crippen LogP contribution in [0.4, 0.5) is 0 Å². The van der Waals surface area contributed by atoms with Crippen molar-refractivity contribution in [2.45, 2.75) is 12.1 Å². The summed E-state index contributed by atoms with van der Waals surface area (Å²) in [4.78, 5) is 21.0. The minimum absolute atomic E-state index is 0.272. The van der Waals surface area contributed by atoms with Gasteiger partial charge in [0.1, 0.15) is 16.9 Å². The molecule has 0 N–H and O–H groups in total. The van der Waals surface area contributed by atoms with Gasteiger partial charge in [-0.05, 0) is 25.3 Å². The van der Waals surface area contributed by atoms with Crippen molar-refractivity contribution in [2.24, 2.45) is 0 Å². The van der Waals surface area contributed by atoms with E-state index in [1.165, 1.54) is 11.8 Å². The molecule has 0 aliphatic heterocycles. The molecular weight excluding hydrogens is 302 g/mol. The van der Waals surface area contributed by atoms with Crippen LogP contribution in [-0.2, 0) is 4.74 Å². The summed E-state index contributed by atoms with van der Waals surface area (Å²) in [5.74, 6) is 0.241. The van der Waals surface area contributed by atoms with Gasteiger partial charge in [-0.3, -0.25) is 4.40 Å². The first-order chi connectivity index (χ1) is 10.7. The van der Waals surface area contributed by atoms with Crippen molar-refractivity contribution in [2.75, 3.05) is 20.0 Å². The molecule has 2 heterocycles. The first-order valence-corrected chi connectivity index (χ1v) is 7.99. The molecule has 3 rings (SSSR count). The molecular formula is C15H15N3O3S. The molecule has 1 aromatic carbocycles. The zero-order valence-electron chi connectivity index (χ0n) is 12.5. The van der Waals surface area contributed by atoms with Crippen LogP contribution in [0.5, 0.6) is 5.75 Å². The van der Waals surface area contributed by atoms with Crippen molar-refractivity contribution in [1.29, 1.82) is 0 Å². The number of thioether (sulfide) groups is 1. The number of hydrogen-bond donors (Lipinski definition) is 0. The molecule has 0 amide bonds. The fourth-order valence-corrected chi connectivity index (χ4v) is 2.81. The number of fused-ring (bicyclic) bond motifs is 3. The SMILES string of the molecule is CCOC(=O)c1cn2c(SC)nc3c(OC)cccc3c2n1. The van der Waals surface area contributed by atoms with Crippen LogP contribution in [0, 0.1) is 0 Å². The molecule has 6 nitrogen and oxygen atoms in total. The van der Waals surface area contributed by atoms with Crippen LogP contribution in [0.3, 0.4) is 0 Å². The number of para-hydroxylation sites is 1. The molecule has 0 saturated carbocycles. The van der Waals surface area contributed by atoms with E-state index in [2.05, 4.69) is 9.97 Å². The number of carbonyl (C=O) groups excluding carboxylic acids is 1. The van der Waals surface area contributed by atoms with Gasteiger partial charge in [0, 0.05) is 11.6 Å². The van der Waals surface area contributed by atoms with Gasteiger partial charge >= 0.3 is 5.97 Å². The second-order valence-corrected chi connectivity index (χ2v) is 5.27. The van der Waals surface area contributed by atoms with E-state index in [0.29, 0.717) is 18.0 Å². The smallest absolute Gasteiger partial charge is 0.358 e. The Labute approximate surface area is 131 Å². The second kappa shape index (κ2) is 5.84. The summed E-state index contributed by atoms with van der Waals surface area (Å²) in [7, 11) is 1.61. The number of hydrogen-bond acceptors (Lipinski definition) is 6. The van der Waals surface area contributed by atoms with Gasteiger partial charge in [0.15, 0.2) is 10.9 Å². The van der Waals surface area contributed by atoms with Crippen molar-refractivity contribution in [3.8, 4) is 5.75 Å². The topological polar surface area (TPSA) is 65.7 Å². The maximum absolute atomic E-state index is 11.9. The molecule has 7 heteroatoms. The zero-order chi connectivity index (χ0) is 15.7. The summed E-state index contributed by atoms with van der Waals surface area (Å²) in [5.41, 5.74) is 1.66. The summed E-state index contributed by atoms with van der Waals surface area (Å²) in [5, 5.41) is 1.56. The van der Waals surface area contributed by atoms with E-state index in [0.717, 1.165) is 16.1 Å². The molecule has 2 aromatic heterocycles. The van der Waals surface area contributed by atoms with Gasteiger partial charge in [-0.25, -0.2) is 14.8 Å². The Morgan fingerprint density at radius 3 is 2.86 bits per heavy atom. The number of rotatable bonds is 4. The zero-order valence-corrected chi connectivity index (χ0v) is 13.3. The normalized spacial score (nSPS) is 11.0. The highest BCUT2D eigenvalue weighted by Gasteiger charge is 2.17. The van der Waals surface area contributed by atoms with Crippen LogP contribution in [0.25, 0.3) is 16.6 Å². The van der Waals surface area contributed by atoms with Gasteiger partial charge in [0.05, 0.1) is 13.7 Å². The number of aromatic nitrogens is 3. The van der Waals surface area contributed by atoms with Gasteiger partial charge in [-0.1, -0.05) is 17.8 Å². The molecule has 0 fully saturated rings. The molecule has 0 radical (unpaired) electrons. The van der Waals surface area contributed by atoms with Crippen LogP contribution in [-0.4, -0.2) is 40.3 Å². The lowest BCUT2D eigenvalue weighted by atomic mass is 10.2. The van der Waals surface area contributed by atoms with E-state index in [1.54, 1.807) is 24.6 Å². The van der Waals surface area contributed by atoms with Crippen molar-refractivity contribution in [3.63, 3.8) is 0 Å². The first kappa shape index (κ1) is 14.6. The van der Waals surface area contributed by atoms with E-state index >= 15 is 0 Å². The van der Waals surface area contributed by atoms with E-state index < -0.39 is 5.97 Å². The molecule has 114 valence electrons. The predicted octanol–water partition coefficient (Wildman–Crippen LogP) is 2.79. The minimum atomic E-state index is -0.436. The molecule has 0 bridgehead atoms. The van der Waals surface area contributed by atoms with Crippen LogP contribution in [0.2, 0.25) is 0 Å². The highest BCUT2D eigenvalue weighted by molar-refractivity contribution is 7.98. The molecule has 22 heavy (non-hydrogen) atoms. The maximum atomic E-state index is 11.9. The minimum Gasteiger partial charge on any atom is -0.494 e. The highest BCUT2D eigenvalue weighted by atomic mass is 32.2. The van der Waals surface area contributed by atoms with Gasteiger partial charge in [-0.2, -0.15) is 0 Å². The largest absolute Gasteiger partial charge is 0.494 e. The molecule has 0 aliphatic carbocycles. The van der Waals surface area contributed by atoms with E-state index in [-0.39, 0.29) is 5.69 Å².